The number of carbonyl (C=O) groups excluding carboxylic acids is 1. The minimum atomic E-state index is -0.692. The highest BCUT2D eigenvalue weighted by Crippen LogP contribution is 2.34. The van der Waals surface area contributed by atoms with Crippen molar-refractivity contribution in [3.63, 3.8) is 0 Å². The molecule has 1 aliphatic carbocycles. The smallest absolute Gasteiger partial charge is 0.242 e. The van der Waals surface area contributed by atoms with Crippen LogP contribution in [0.2, 0.25) is 0 Å². The second-order valence-corrected chi connectivity index (χ2v) is 6.05. The van der Waals surface area contributed by atoms with Gasteiger partial charge in [-0.05, 0) is 30.5 Å². The molecule has 3 rings (SSSR count). The summed E-state index contributed by atoms with van der Waals surface area (Å²) in [6.45, 7) is 1.08. The first-order valence-electron chi connectivity index (χ1n) is 7.58. The molecular formula is C16H20ClNO3. The molecule has 5 heteroatoms. The fourth-order valence-corrected chi connectivity index (χ4v) is 3.09. The first-order valence-corrected chi connectivity index (χ1v) is 8.01. The molecule has 1 atom stereocenters. The van der Waals surface area contributed by atoms with Gasteiger partial charge in [-0.3, -0.25) is 4.79 Å². The van der Waals surface area contributed by atoms with Crippen LogP contribution in [0.15, 0.2) is 18.2 Å². The van der Waals surface area contributed by atoms with Gasteiger partial charge in [0.15, 0.2) is 11.5 Å². The minimum Gasteiger partial charge on any atom is -0.486 e. The highest BCUT2D eigenvalue weighted by atomic mass is 35.5. The molecule has 2 aliphatic rings. The van der Waals surface area contributed by atoms with E-state index >= 15 is 0 Å². The van der Waals surface area contributed by atoms with E-state index in [9.17, 15) is 4.79 Å². The van der Waals surface area contributed by atoms with Crippen molar-refractivity contribution in [3.8, 4) is 11.5 Å². The van der Waals surface area contributed by atoms with Crippen molar-refractivity contribution in [2.45, 2.75) is 43.5 Å². The van der Waals surface area contributed by atoms with Crippen molar-refractivity contribution in [2.24, 2.45) is 0 Å². The predicted molar refractivity (Wildman–Crippen MR) is 81.0 cm³/mol. The zero-order valence-corrected chi connectivity index (χ0v) is 12.7. The summed E-state index contributed by atoms with van der Waals surface area (Å²) < 4.78 is 11.0. The highest BCUT2D eigenvalue weighted by Gasteiger charge is 2.24. The van der Waals surface area contributed by atoms with Crippen LogP contribution in [0.25, 0.3) is 0 Å². The molecule has 1 N–H and O–H groups in total. The van der Waals surface area contributed by atoms with E-state index in [1.165, 1.54) is 19.3 Å². The molecule has 0 aromatic heterocycles. The number of hydrogen-bond acceptors (Lipinski definition) is 3. The Labute approximate surface area is 129 Å². The first-order chi connectivity index (χ1) is 10.2. The Kier molecular flexibility index (Phi) is 4.54. The fraction of sp³-hybridized carbons (Fsp3) is 0.562. The summed E-state index contributed by atoms with van der Waals surface area (Å²) in [6.07, 6.45) is 5.73. The third-order valence-electron chi connectivity index (χ3n) is 4.04. The van der Waals surface area contributed by atoms with Crippen LogP contribution < -0.4 is 14.8 Å². The van der Waals surface area contributed by atoms with Crippen LogP contribution >= 0.6 is 11.6 Å². The lowest BCUT2D eigenvalue weighted by Gasteiger charge is -2.24. The molecule has 114 valence electrons. The largest absolute Gasteiger partial charge is 0.486 e. The van der Waals surface area contributed by atoms with Gasteiger partial charge in [-0.15, -0.1) is 11.6 Å². The van der Waals surface area contributed by atoms with E-state index in [1.807, 2.05) is 12.1 Å². The summed E-state index contributed by atoms with van der Waals surface area (Å²) in [6, 6.07) is 5.70. The summed E-state index contributed by atoms with van der Waals surface area (Å²) in [5.74, 6) is 1.25. The molecule has 0 spiro atoms. The Hall–Kier alpha value is -1.42. The molecule has 1 fully saturated rings. The van der Waals surface area contributed by atoms with Gasteiger partial charge >= 0.3 is 0 Å². The molecule has 1 aliphatic heterocycles. The van der Waals surface area contributed by atoms with Crippen LogP contribution in [0.3, 0.4) is 0 Å². The third-order valence-corrected chi connectivity index (χ3v) is 4.49. The Balaban J connectivity index is 1.66. The summed E-state index contributed by atoms with van der Waals surface area (Å²) in [7, 11) is 0. The van der Waals surface area contributed by atoms with Gasteiger partial charge in [0.1, 0.15) is 18.6 Å². The average molecular weight is 310 g/mol. The Morgan fingerprint density at radius 1 is 1.14 bits per heavy atom. The molecule has 4 nitrogen and oxygen atoms in total. The number of hydrogen-bond donors (Lipinski definition) is 1. The van der Waals surface area contributed by atoms with Crippen molar-refractivity contribution in [1.29, 1.82) is 0 Å². The van der Waals surface area contributed by atoms with Crippen molar-refractivity contribution < 1.29 is 14.3 Å². The summed E-state index contributed by atoms with van der Waals surface area (Å²) in [4.78, 5) is 12.3. The van der Waals surface area contributed by atoms with Crippen molar-refractivity contribution >= 4 is 17.5 Å². The molecule has 0 bridgehead atoms. The molecule has 0 saturated heterocycles. The molecule has 0 radical (unpaired) electrons. The Bertz CT molecular complexity index is 514. The number of amides is 1. The quantitative estimate of drug-likeness (QED) is 0.872. The topological polar surface area (TPSA) is 47.6 Å². The van der Waals surface area contributed by atoms with Gasteiger partial charge in [-0.2, -0.15) is 0 Å². The zero-order chi connectivity index (χ0) is 14.7. The second kappa shape index (κ2) is 6.56. The maximum Gasteiger partial charge on any atom is 0.242 e. The van der Waals surface area contributed by atoms with Gasteiger partial charge in [-0.25, -0.2) is 0 Å². The first kappa shape index (κ1) is 14.5. The Morgan fingerprint density at radius 2 is 1.86 bits per heavy atom. The normalized spacial score (nSPS) is 19.9. The van der Waals surface area contributed by atoms with E-state index in [-0.39, 0.29) is 11.9 Å². The minimum absolute atomic E-state index is 0.125. The third kappa shape index (κ3) is 3.43. The van der Waals surface area contributed by atoms with Gasteiger partial charge < -0.3 is 14.8 Å². The molecule has 1 saturated carbocycles. The lowest BCUT2D eigenvalue weighted by atomic mass is 9.95. The van der Waals surface area contributed by atoms with Crippen LogP contribution in [0.5, 0.6) is 11.5 Å². The van der Waals surface area contributed by atoms with E-state index in [4.69, 9.17) is 21.1 Å². The van der Waals surface area contributed by atoms with E-state index in [2.05, 4.69) is 5.32 Å². The molecule has 1 aromatic carbocycles. The fourth-order valence-electron chi connectivity index (χ4n) is 2.89. The number of nitrogens with one attached hydrogen (secondary N) is 1. The number of rotatable bonds is 3. The number of alkyl halides is 1. The number of fused-ring (bicyclic) bond motifs is 1. The van der Waals surface area contributed by atoms with E-state index in [1.54, 1.807) is 6.07 Å². The highest BCUT2D eigenvalue weighted by molar-refractivity contribution is 6.30. The summed E-state index contributed by atoms with van der Waals surface area (Å²) >= 11 is 6.31. The van der Waals surface area contributed by atoms with Gasteiger partial charge in [0.2, 0.25) is 5.91 Å². The van der Waals surface area contributed by atoms with Crippen LogP contribution in [0, 0.1) is 0 Å². The predicted octanol–water partition coefficient (Wildman–Crippen LogP) is 3.19. The van der Waals surface area contributed by atoms with Gasteiger partial charge in [-0.1, -0.05) is 25.3 Å². The van der Waals surface area contributed by atoms with Gasteiger partial charge in [0, 0.05) is 6.04 Å². The van der Waals surface area contributed by atoms with Crippen LogP contribution in [-0.2, 0) is 4.79 Å². The Morgan fingerprint density at radius 3 is 2.62 bits per heavy atom. The molecular weight excluding hydrogens is 290 g/mol. The van der Waals surface area contributed by atoms with Crippen LogP contribution in [0.4, 0.5) is 0 Å². The average Bonchev–Trinajstić information content (AvgIpc) is 2.54. The molecule has 21 heavy (non-hydrogen) atoms. The lowest BCUT2D eigenvalue weighted by molar-refractivity contribution is -0.121. The number of halogens is 1. The van der Waals surface area contributed by atoms with Crippen LogP contribution in [0.1, 0.15) is 43.0 Å². The SMILES string of the molecule is O=C(NC1CCCCC1)C(Cl)c1ccc2c(c1)OCCO2. The lowest BCUT2D eigenvalue weighted by Crippen LogP contribution is -2.38. The van der Waals surface area contributed by atoms with E-state index in [0.717, 1.165) is 18.4 Å². The zero-order valence-electron chi connectivity index (χ0n) is 11.9. The molecule has 1 unspecified atom stereocenters. The number of carbonyl (C=O) groups is 1. The van der Waals surface area contributed by atoms with Crippen molar-refractivity contribution in [3.05, 3.63) is 23.8 Å². The molecule has 1 aromatic rings. The van der Waals surface area contributed by atoms with Gasteiger partial charge in [0.25, 0.3) is 0 Å². The van der Waals surface area contributed by atoms with Gasteiger partial charge in [0.05, 0.1) is 0 Å². The summed E-state index contributed by atoms with van der Waals surface area (Å²) in [5, 5.41) is 2.36. The van der Waals surface area contributed by atoms with Crippen molar-refractivity contribution in [1.82, 2.24) is 5.32 Å². The number of benzene rings is 1. The number of ether oxygens (including phenoxy) is 2. The standard InChI is InChI=1S/C16H20ClNO3/c17-15(16(19)18-12-4-2-1-3-5-12)11-6-7-13-14(10-11)21-9-8-20-13/h6-7,10,12,15H,1-5,8-9H2,(H,18,19). The summed E-state index contributed by atoms with van der Waals surface area (Å²) in [5.41, 5.74) is 0.745. The maximum atomic E-state index is 12.3. The van der Waals surface area contributed by atoms with E-state index in [0.29, 0.717) is 24.7 Å². The monoisotopic (exact) mass is 309 g/mol. The van der Waals surface area contributed by atoms with Crippen molar-refractivity contribution in [2.75, 3.05) is 13.2 Å². The van der Waals surface area contributed by atoms with E-state index < -0.39 is 5.38 Å². The second-order valence-electron chi connectivity index (χ2n) is 5.61. The maximum absolute atomic E-state index is 12.3. The molecule has 1 heterocycles. The van der Waals surface area contributed by atoms with Crippen LogP contribution in [-0.4, -0.2) is 25.2 Å². The molecule has 1 amide bonds.